The molecule has 0 spiro atoms. The van der Waals surface area contributed by atoms with E-state index in [0.29, 0.717) is 24.1 Å². The van der Waals surface area contributed by atoms with Gasteiger partial charge in [-0.25, -0.2) is 4.72 Å². The second-order valence-corrected chi connectivity index (χ2v) is 8.00. The molecule has 0 bridgehead atoms. The van der Waals surface area contributed by atoms with Gasteiger partial charge in [0.2, 0.25) is 5.82 Å². The molecule has 7 nitrogen and oxygen atoms in total. The van der Waals surface area contributed by atoms with E-state index in [1.165, 1.54) is 16.4 Å². The Labute approximate surface area is 154 Å². The van der Waals surface area contributed by atoms with E-state index in [-0.39, 0.29) is 18.4 Å². The van der Waals surface area contributed by atoms with Crippen LogP contribution in [-0.4, -0.2) is 35.5 Å². The van der Waals surface area contributed by atoms with Crippen molar-refractivity contribution in [2.75, 3.05) is 6.54 Å². The van der Waals surface area contributed by atoms with Crippen LogP contribution in [0.25, 0.3) is 11.4 Å². The number of nitrogens with zero attached hydrogens (tertiary/aromatic N) is 3. The summed E-state index contributed by atoms with van der Waals surface area (Å²) in [6.45, 7) is 2.43. The monoisotopic (exact) mass is 404 g/mol. The molecule has 1 fully saturated rings. The number of hydrogen-bond acceptors (Lipinski definition) is 5. The fraction of sp³-hybridized carbons (Fsp3) is 0.500. The van der Waals surface area contributed by atoms with E-state index in [9.17, 15) is 21.6 Å². The average molecular weight is 404 g/mol. The van der Waals surface area contributed by atoms with Crippen LogP contribution in [0, 0.1) is 0 Å². The molecule has 148 valence electrons. The number of alkyl halides is 3. The summed E-state index contributed by atoms with van der Waals surface area (Å²) < 4.78 is 70.7. The third-order valence-corrected chi connectivity index (χ3v) is 5.63. The van der Waals surface area contributed by atoms with Gasteiger partial charge in [-0.3, -0.25) is 0 Å². The highest BCUT2D eigenvalue weighted by molar-refractivity contribution is 7.87. The van der Waals surface area contributed by atoms with Gasteiger partial charge in [-0.1, -0.05) is 36.3 Å². The molecule has 1 aromatic carbocycles. The van der Waals surface area contributed by atoms with Crippen molar-refractivity contribution in [3.8, 4) is 11.4 Å². The highest BCUT2D eigenvalue weighted by Gasteiger charge is 2.39. The van der Waals surface area contributed by atoms with Gasteiger partial charge in [-0.05, 0) is 24.8 Å². The van der Waals surface area contributed by atoms with E-state index >= 15 is 0 Å². The maximum Gasteiger partial charge on any atom is 0.471 e. The van der Waals surface area contributed by atoms with Crippen LogP contribution in [0.2, 0.25) is 0 Å². The Morgan fingerprint density at radius 3 is 2.44 bits per heavy atom. The molecule has 0 saturated heterocycles. The second kappa shape index (κ2) is 7.56. The van der Waals surface area contributed by atoms with E-state index in [4.69, 9.17) is 0 Å². The molecule has 2 aromatic rings. The number of aromatic nitrogens is 2. The first-order valence-corrected chi connectivity index (χ1v) is 9.91. The van der Waals surface area contributed by atoms with Crippen molar-refractivity contribution in [2.24, 2.45) is 0 Å². The van der Waals surface area contributed by atoms with Gasteiger partial charge >= 0.3 is 12.1 Å². The van der Waals surface area contributed by atoms with E-state index in [2.05, 4.69) is 19.4 Å². The van der Waals surface area contributed by atoms with Gasteiger partial charge in [0.1, 0.15) is 0 Å². The van der Waals surface area contributed by atoms with Crippen molar-refractivity contribution in [2.45, 2.75) is 44.9 Å². The summed E-state index contributed by atoms with van der Waals surface area (Å²) in [6, 6.07) is 6.34. The van der Waals surface area contributed by atoms with Crippen LogP contribution >= 0.6 is 0 Å². The Morgan fingerprint density at radius 2 is 1.93 bits per heavy atom. The van der Waals surface area contributed by atoms with Crippen LogP contribution in [0.15, 0.2) is 28.8 Å². The lowest BCUT2D eigenvalue weighted by Gasteiger charge is -2.22. The molecule has 1 heterocycles. The number of rotatable bonds is 8. The zero-order valence-corrected chi connectivity index (χ0v) is 15.3. The zero-order valence-electron chi connectivity index (χ0n) is 14.5. The Morgan fingerprint density at radius 1 is 1.26 bits per heavy atom. The molecule has 3 rings (SSSR count). The van der Waals surface area contributed by atoms with Gasteiger partial charge in [-0.2, -0.15) is 30.9 Å². The molecule has 0 unspecified atom stereocenters. The van der Waals surface area contributed by atoms with Crippen molar-refractivity contribution < 1.29 is 26.1 Å². The Balaban J connectivity index is 1.74. The Hall–Kier alpha value is -1.98. The fourth-order valence-electron chi connectivity index (χ4n) is 2.48. The lowest BCUT2D eigenvalue weighted by molar-refractivity contribution is -0.159. The molecule has 0 aliphatic heterocycles. The van der Waals surface area contributed by atoms with Gasteiger partial charge < -0.3 is 4.52 Å². The zero-order chi connectivity index (χ0) is 19.7. The molecule has 1 N–H and O–H groups in total. The van der Waals surface area contributed by atoms with Crippen LogP contribution in [-0.2, 0) is 22.9 Å². The predicted octanol–water partition coefficient (Wildman–Crippen LogP) is 2.96. The van der Waals surface area contributed by atoms with Crippen molar-refractivity contribution in [1.82, 2.24) is 19.2 Å². The molecule has 0 amide bonds. The number of nitrogens with one attached hydrogen (secondary N) is 1. The summed E-state index contributed by atoms with van der Waals surface area (Å²) in [5, 5.41) is 3.33. The first kappa shape index (κ1) is 19.8. The molecule has 0 radical (unpaired) electrons. The van der Waals surface area contributed by atoms with Crippen LogP contribution < -0.4 is 4.72 Å². The summed E-state index contributed by atoms with van der Waals surface area (Å²) in [5.41, 5.74) is 1.06. The lowest BCUT2D eigenvalue weighted by atomic mass is 10.1. The second-order valence-electron chi connectivity index (χ2n) is 6.29. The summed E-state index contributed by atoms with van der Waals surface area (Å²) in [6.07, 6.45) is -2.38. The molecule has 1 aromatic heterocycles. The molecule has 0 atom stereocenters. The maximum atomic E-state index is 12.5. The van der Waals surface area contributed by atoms with Crippen LogP contribution in [0.4, 0.5) is 13.2 Å². The maximum absolute atomic E-state index is 12.5. The van der Waals surface area contributed by atoms with E-state index in [1.54, 1.807) is 12.1 Å². The standard InChI is InChI=1S/C16H19F3N4O3S/c1-2-9-20-27(24,25)23(13-7-8-13)10-11-3-5-12(6-4-11)14-21-15(26-22-14)16(17,18)19/h3-6,13,20H,2,7-10H2,1H3. The minimum absolute atomic E-state index is 0.0226. The highest BCUT2D eigenvalue weighted by atomic mass is 32.2. The van der Waals surface area contributed by atoms with Gasteiger partial charge in [0, 0.05) is 24.7 Å². The van der Waals surface area contributed by atoms with Gasteiger partial charge in [0.05, 0.1) is 0 Å². The molecule has 27 heavy (non-hydrogen) atoms. The molecule has 11 heteroatoms. The quantitative estimate of drug-likeness (QED) is 0.731. The summed E-state index contributed by atoms with van der Waals surface area (Å²) in [5.74, 6) is -1.58. The Kier molecular flexibility index (Phi) is 5.54. The normalized spacial score (nSPS) is 15.4. The lowest BCUT2D eigenvalue weighted by Crippen LogP contribution is -2.41. The first-order chi connectivity index (χ1) is 12.7. The molecule has 1 aliphatic carbocycles. The van der Waals surface area contributed by atoms with Crippen LogP contribution in [0.5, 0.6) is 0 Å². The summed E-state index contributed by atoms with van der Waals surface area (Å²) >= 11 is 0. The largest absolute Gasteiger partial charge is 0.471 e. The van der Waals surface area contributed by atoms with Gasteiger partial charge in [0.25, 0.3) is 10.2 Å². The summed E-state index contributed by atoms with van der Waals surface area (Å²) in [4.78, 5) is 3.33. The van der Waals surface area contributed by atoms with Gasteiger partial charge in [0.15, 0.2) is 0 Å². The topological polar surface area (TPSA) is 88.3 Å². The molecular weight excluding hydrogens is 385 g/mol. The smallest absolute Gasteiger partial charge is 0.329 e. The number of benzene rings is 1. The van der Waals surface area contributed by atoms with Crippen molar-refractivity contribution in [3.63, 3.8) is 0 Å². The van der Waals surface area contributed by atoms with Gasteiger partial charge in [-0.15, -0.1) is 0 Å². The van der Waals surface area contributed by atoms with Crippen LogP contribution in [0.3, 0.4) is 0 Å². The summed E-state index contributed by atoms with van der Waals surface area (Å²) in [7, 11) is -3.58. The molecule has 1 saturated carbocycles. The van der Waals surface area contributed by atoms with E-state index < -0.39 is 22.3 Å². The van der Waals surface area contributed by atoms with Crippen LogP contribution in [0.1, 0.15) is 37.6 Å². The molecule has 1 aliphatic rings. The fourth-order valence-corrected chi connectivity index (χ4v) is 4.03. The number of hydrogen-bond donors (Lipinski definition) is 1. The number of halogens is 3. The third-order valence-electron chi connectivity index (χ3n) is 4.02. The van der Waals surface area contributed by atoms with E-state index in [1.807, 2.05) is 6.92 Å². The minimum atomic E-state index is -4.70. The van der Waals surface area contributed by atoms with Crippen molar-refractivity contribution in [1.29, 1.82) is 0 Å². The third kappa shape index (κ3) is 4.85. The van der Waals surface area contributed by atoms with E-state index in [0.717, 1.165) is 12.8 Å². The first-order valence-electron chi connectivity index (χ1n) is 8.47. The Bertz CT molecular complexity index is 877. The average Bonchev–Trinajstić information content (AvgIpc) is 3.31. The van der Waals surface area contributed by atoms with Crippen molar-refractivity contribution >= 4 is 10.2 Å². The minimum Gasteiger partial charge on any atom is -0.329 e. The molecular formula is C16H19F3N4O3S. The van der Waals surface area contributed by atoms with Crippen molar-refractivity contribution in [3.05, 3.63) is 35.7 Å². The predicted molar refractivity (Wildman–Crippen MR) is 90.5 cm³/mol. The SMILES string of the molecule is CCCNS(=O)(=O)N(Cc1ccc(-c2noc(C(F)(F)F)n2)cc1)C1CC1. The highest BCUT2D eigenvalue weighted by Crippen LogP contribution is 2.31.